The fourth-order valence-electron chi connectivity index (χ4n) is 4.29. The fourth-order valence-corrected chi connectivity index (χ4v) is 4.29. The second-order valence-electron chi connectivity index (χ2n) is 7.77. The van der Waals surface area contributed by atoms with Crippen LogP contribution in [0.1, 0.15) is 18.9 Å². The number of carbonyl (C=O) groups excluding carboxylic acids is 1. The summed E-state index contributed by atoms with van der Waals surface area (Å²) in [6.07, 6.45) is 2.60. The minimum atomic E-state index is -0.532. The number of aromatic amines is 1. The highest BCUT2D eigenvalue weighted by atomic mass is 19.1. The number of amides is 1. The summed E-state index contributed by atoms with van der Waals surface area (Å²) in [6, 6.07) is 11.0. The van der Waals surface area contributed by atoms with Crippen molar-refractivity contribution in [2.45, 2.75) is 25.4 Å². The molecule has 0 unspecified atom stereocenters. The third-order valence-electron chi connectivity index (χ3n) is 5.91. The molecular formula is C22H20FN5O3. The maximum atomic E-state index is 13.6. The van der Waals surface area contributed by atoms with E-state index < -0.39 is 17.1 Å². The van der Waals surface area contributed by atoms with Gasteiger partial charge in [-0.3, -0.25) is 14.2 Å². The van der Waals surface area contributed by atoms with E-state index in [-0.39, 0.29) is 23.9 Å². The monoisotopic (exact) mass is 421 g/mol. The Morgan fingerprint density at radius 2 is 1.90 bits per heavy atom. The molecule has 0 spiro atoms. The van der Waals surface area contributed by atoms with Crippen molar-refractivity contribution in [3.05, 3.63) is 75.4 Å². The van der Waals surface area contributed by atoms with Crippen LogP contribution in [0, 0.1) is 5.82 Å². The van der Waals surface area contributed by atoms with Crippen LogP contribution in [-0.2, 0) is 11.3 Å². The van der Waals surface area contributed by atoms with Crippen molar-refractivity contribution >= 4 is 27.8 Å². The third-order valence-corrected chi connectivity index (χ3v) is 5.91. The number of likely N-dealkylation sites (tertiary alicyclic amines) is 1. The van der Waals surface area contributed by atoms with E-state index in [4.69, 9.17) is 0 Å². The number of imidazole rings is 1. The summed E-state index contributed by atoms with van der Waals surface area (Å²) in [7, 11) is 0. The molecule has 2 aromatic carbocycles. The van der Waals surface area contributed by atoms with Gasteiger partial charge in [-0.15, -0.1) is 0 Å². The van der Waals surface area contributed by atoms with Gasteiger partial charge in [0.2, 0.25) is 5.91 Å². The molecule has 0 atom stereocenters. The molecule has 1 saturated heterocycles. The molecule has 0 bridgehead atoms. The first-order chi connectivity index (χ1) is 15.0. The average Bonchev–Trinajstić information content (AvgIpc) is 3.18. The van der Waals surface area contributed by atoms with Gasteiger partial charge in [-0.2, -0.15) is 0 Å². The quantitative estimate of drug-likeness (QED) is 0.548. The number of halogens is 1. The average molecular weight is 421 g/mol. The predicted octanol–water partition coefficient (Wildman–Crippen LogP) is 2.04. The number of aromatic nitrogens is 4. The normalized spacial score (nSPS) is 15.1. The fraction of sp³-hybridized carbons (Fsp3) is 0.273. The largest absolute Gasteiger partial charge is 0.341 e. The predicted molar refractivity (Wildman–Crippen MR) is 113 cm³/mol. The summed E-state index contributed by atoms with van der Waals surface area (Å²) in [4.78, 5) is 46.9. The van der Waals surface area contributed by atoms with Crippen LogP contribution in [0.2, 0.25) is 0 Å². The molecule has 1 aliphatic rings. The van der Waals surface area contributed by atoms with Gasteiger partial charge in [0.25, 0.3) is 5.56 Å². The van der Waals surface area contributed by atoms with Crippen LogP contribution in [-0.4, -0.2) is 43.0 Å². The summed E-state index contributed by atoms with van der Waals surface area (Å²) < 4.78 is 16.6. The van der Waals surface area contributed by atoms with E-state index in [0.717, 1.165) is 21.7 Å². The first-order valence-electron chi connectivity index (χ1n) is 10.1. The number of hydrogen-bond donors (Lipinski definition) is 1. The zero-order valence-corrected chi connectivity index (χ0v) is 16.6. The first-order valence-corrected chi connectivity index (χ1v) is 10.1. The molecule has 1 aliphatic heterocycles. The molecule has 2 aromatic heterocycles. The van der Waals surface area contributed by atoms with Crippen LogP contribution in [0.5, 0.6) is 0 Å². The van der Waals surface area contributed by atoms with Gasteiger partial charge in [-0.05, 0) is 43.2 Å². The third kappa shape index (κ3) is 3.41. The molecule has 0 aliphatic carbocycles. The SMILES string of the molecule is O=C(Cn1cnc2ccccc21)N1CCC(n2c(=O)[nH]c3ccc(F)cc3c2=O)CC1. The standard InChI is InChI=1S/C22H20FN5O3/c23-14-5-6-17-16(11-14)21(30)28(22(31)25-17)15-7-9-26(10-8-15)20(29)12-27-13-24-18-3-1-2-4-19(18)27/h1-6,11,13,15H,7-10,12H2,(H,25,31). The van der Waals surface area contributed by atoms with Crippen molar-refractivity contribution in [3.8, 4) is 0 Å². The van der Waals surface area contributed by atoms with Crippen molar-refractivity contribution in [2.75, 3.05) is 13.1 Å². The molecule has 9 heteroatoms. The zero-order valence-electron chi connectivity index (χ0n) is 16.6. The number of rotatable bonds is 3. The van der Waals surface area contributed by atoms with Crippen LogP contribution in [0.3, 0.4) is 0 Å². The van der Waals surface area contributed by atoms with E-state index in [2.05, 4.69) is 9.97 Å². The smallest absolute Gasteiger partial charge is 0.329 e. The molecule has 8 nitrogen and oxygen atoms in total. The molecule has 158 valence electrons. The second kappa shape index (κ2) is 7.50. The van der Waals surface area contributed by atoms with Gasteiger partial charge in [0, 0.05) is 19.1 Å². The van der Waals surface area contributed by atoms with Crippen molar-refractivity contribution in [2.24, 2.45) is 0 Å². The molecule has 1 amide bonds. The number of H-pyrrole nitrogens is 1. The van der Waals surface area contributed by atoms with Crippen LogP contribution >= 0.6 is 0 Å². The molecule has 0 radical (unpaired) electrons. The zero-order chi connectivity index (χ0) is 21.5. The Kier molecular flexibility index (Phi) is 4.65. The molecule has 0 saturated carbocycles. The van der Waals surface area contributed by atoms with Crippen LogP contribution in [0.15, 0.2) is 58.4 Å². The Labute approximate surface area is 175 Å². The maximum Gasteiger partial charge on any atom is 0.329 e. The topological polar surface area (TPSA) is 93.0 Å². The number of piperidine rings is 1. The van der Waals surface area contributed by atoms with E-state index >= 15 is 0 Å². The van der Waals surface area contributed by atoms with Gasteiger partial charge in [0.1, 0.15) is 12.4 Å². The highest BCUT2D eigenvalue weighted by molar-refractivity contribution is 5.80. The Bertz CT molecular complexity index is 1410. The summed E-state index contributed by atoms with van der Waals surface area (Å²) >= 11 is 0. The minimum absolute atomic E-state index is 0.0385. The Hall–Kier alpha value is -3.75. The molecule has 5 rings (SSSR count). The number of para-hydroxylation sites is 2. The molecule has 1 N–H and O–H groups in total. The Balaban J connectivity index is 1.33. The summed E-state index contributed by atoms with van der Waals surface area (Å²) in [5.41, 5.74) is 1.02. The summed E-state index contributed by atoms with van der Waals surface area (Å²) in [5.74, 6) is -0.570. The van der Waals surface area contributed by atoms with Crippen molar-refractivity contribution in [3.63, 3.8) is 0 Å². The van der Waals surface area contributed by atoms with Gasteiger partial charge in [-0.1, -0.05) is 12.1 Å². The minimum Gasteiger partial charge on any atom is -0.341 e. The number of carbonyl (C=O) groups is 1. The summed E-state index contributed by atoms with van der Waals surface area (Å²) in [6.45, 7) is 1.05. The lowest BCUT2D eigenvalue weighted by molar-refractivity contribution is -0.133. The lowest BCUT2D eigenvalue weighted by atomic mass is 10.0. The maximum absolute atomic E-state index is 13.6. The van der Waals surface area contributed by atoms with Crippen molar-refractivity contribution in [1.82, 2.24) is 24.0 Å². The molecule has 1 fully saturated rings. The van der Waals surface area contributed by atoms with Crippen molar-refractivity contribution in [1.29, 1.82) is 0 Å². The lowest BCUT2D eigenvalue weighted by Crippen LogP contribution is -2.45. The molecule has 3 heterocycles. The van der Waals surface area contributed by atoms with Crippen LogP contribution < -0.4 is 11.2 Å². The van der Waals surface area contributed by atoms with E-state index in [1.807, 2.05) is 28.8 Å². The van der Waals surface area contributed by atoms with E-state index in [1.54, 1.807) is 11.2 Å². The van der Waals surface area contributed by atoms with Gasteiger partial charge in [0.05, 0.1) is 28.3 Å². The van der Waals surface area contributed by atoms with E-state index in [1.165, 1.54) is 12.1 Å². The molecule has 31 heavy (non-hydrogen) atoms. The first kappa shape index (κ1) is 19.2. The van der Waals surface area contributed by atoms with Crippen LogP contribution in [0.25, 0.3) is 21.9 Å². The van der Waals surface area contributed by atoms with Gasteiger partial charge < -0.3 is 14.5 Å². The number of hydrogen-bond acceptors (Lipinski definition) is 4. The van der Waals surface area contributed by atoms with Crippen LogP contribution in [0.4, 0.5) is 4.39 Å². The number of nitrogens with zero attached hydrogens (tertiary/aromatic N) is 4. The molecular weight excluding hydrogens is 401 g/mol. The summed E-state index contributed by atoms with van der Waals surface area (Å²) in [5, 5.41) is 0.144. The number of fused-ring (bicyclic) bond motifs is 2. The Morgan fingerprint density at radius 3 is 2.71 bits per heavy atom. The molecule has 4 aromatic rings. The van der Waals surface area contributed by atoms with E-state index in [0.29, 0.717) is 31.4 Å². The van der Waals surface area contributed by atoms with E-state index in [9.17, 15) is 18.8 Å². The number of nitrogens with one attached hydrogen (secondary N) is 1. The second-order valence-corrected chi connectivity index (χ2v) is 7.77. The highest BCUT2D eigenvalue weighted by Gasteiger charge is 2.26. The van der Waals surface area contributed by atoms with Gasteiger partial charge in [0.15, 0.2) is 0 Å². The lowest BCUT2D eigenvalue weighted by Gasteiger charge is -2.32. The van der Waals surface area contributed by atoms with Crippen molar-refractivity contribution < 1.29 is 9.18 Å². The highest BCUT2D eigenvalue weighted by Crippen LogP contribution is 2.21. The van der Waals surface area contributed by atoms with Gasteiger partial charge >= 0.3 is 5.69 Å². The number of benzene rings is 2. The van der Waals surface area contributed by atoms with Gasteiger partial charge in [-0.25, -0.2) is 14.2 Å². The Morgan fingerprint density at radius 1 is 1.13 bits per heavy atom.